The fourth-order valence-corrected chi connectivity index (χ4v) is 2.76. The number of carbonyl (C=O) groups excluding carboxylic acids is 1. The molecule has 2 rings (SSSR count). The Morgan fingerprint density at radius 3 is 2.82 bits per heavy atom. The van der Waals surface area contributed by atoms with E-state index in [1.165, 1.54) is 11.8 Å². The van der Waals surface area contributed by atoms with Crippen LogP contribution < -0.4 is 4.74 Å². The second-order valence-electron chi connectivity index (χ2n) is 4.43. The Labute approximate surface area is 133 Å². The molecule has 8 heteroatoms. The lowest BCUT2D eigenvalue weighted by atomic mass is 10.3. The maximum Gasteiger partial charge on any atom is 0.233 e. The molecule has 22 heavy (non-hydrogen) atoms. The van der Waals surface area contributed by atoms with Crippen LogP contribution in [0.5, 0.6) is 5.75 Å². The molecule has 0 bridgehead atoms. The van der Waals surface area contributed by atoms with Crippen LogP contribution in [0.4, 0.5) is 0 Å². The summed E-state index contributed by atoms with van der Waals surface area (Å²) in [7, 11) is 1.61. The van der Waals surface area contributed by atoms with E-state index < -0.39 is 0 Å². The van der Waals surface area contributed by atoms with Gasteiger partial charge in [-0.15, -0.1) is 5.10 Å². The zero-order chi connectivity index (χ0) is 15.9. The number of tetrazole rings is 1. The molecule has 0 atom stereocenters. The molecular formula is C14H19N5O2S. The van der Waals surface area contributed by atoms with Gasteiger partial charge in [0.05, 0.1) is 18.6 Å². The Hall–Kier alpha value is -2.09. The number of aromatic nitrogens is 4. The number of rotatable bonds is 7. The van der Waals surface area contributed by atoms with E-state index in [-0.39, 0.29) is 5.91 Å². The molecule has 0 aliphatic carbocycles. The van der Waals surface area contributed by atoms with Crippen molar-refractivity contribution in [3.05, 3.63) is 24.3 Å². The quantitative estimate of drug-likeness (QED) is 0.722. The van der Waals surface area contributed by atoms with Gasteiger partial charge >= 0.3 is 0 Å². The first-order valence-electron chi connectivity index (χ1n) is 7.03. The summed E-state index contributed by atoms with van der Waals surface area (Å²) in [6, 6.07) is 7.44. The molecule has 118 valence electrons. The highest BCUT2D eigenvalue weighted by atomic mass is 32.2. The van der Waals surface area contributed by atoms with Crippen LogP contribution in [0.25, 0.3) is 5.69 Å². The molecule has 0 unspecified atom stereocenters. The molecule has 7 nitrogen and oxygen atoms in total. The molecule has 0 aliphatic heterocycles. The van der Waals surface area contributed by atoms with Crippen molar-refractivity contribution < 1.29 is 9.53 Å². The smallest absolute Gasteiger partial charge is 0.233 e. The van der Waals surface area contributed by atoms with Crippen LogP contribution in [0.2, 0.25) is 0 Å². The van der Waals surface area contributed by atoms with Crippen LogP contribution >= 0.6 is 11.8 Å². The lowest BCUT2D eigenvalue weighted by Gasteiger charge is -2.17. The van der Waals surface area contributed by atoms with Gasteiger partial charge in [-0.2, -0.15) is 4.68 Å². The molecule has 1 heterocycles. The Kier molecular flexibility index (Phi) is 5.76. The van der Waals surface area contributed by atoms with E-state index in [0.717, 1.165) is 11.4 Å². The normalized spacial score (nSPS) is 10.5. The molecule has 1 amide bonds. The van der Waals surface area contributed by atoms with Gasteiger partial charge in [-0.05, 0) is 36.4 Å². The number of hydrogen-bond acceptors (Lipinski definition) is 6. The molecule has 0 spiro atoms. The molecule has 0 N–H and O–H groups in total. The highest BCUT2D eigenvalue weighted by Crippen LogP contribution is 2.21. The minimum Gasteiger partial charge on any atom is -0.497 e. The van der Waals surface area contributed by atoms with Gasteiger partial charge in [0.15, 0.2) is 0 Å². The molecule has 2 aromatic rings. The first kappa shape index (κ1) is 16.3. The number of thioether (sulfide) groups is 1. The van der Waals surface area contributed by atoms with E-state index >= 15 is 0 Å². The van der Waals surface area contributed by atoms with Gasteiger partial charge in [-0.1, -0.05) is 17.8 Å². The highest BCUT2D eigenvalue weighted by Gasteiger charge is 2.14. The van der Waals surface area contributed by atoms with Gasteiger partial charge in [-0.3, -0.25) is 4.79 Å². The van der Waals surface area contributed by atoms with E-state index in [1.54, 1.807) is 16.7 Å². The molecule has 1 aromatic carbocycles. The van der Waals surface area contributed by atoms with Crippen LogP contribution in [-0.2, 0) is 4.79 Å². The topological polar surface area (TPSA) is 73.1 Å². The Morgan fingerprint density at radius 2 is 2.14 bits per heavy atom. The van der Waals surface area contributed by atoms with Crippen LogP contribution in [-0.4, -0.2) is 57.0 Å². The first-order valence-corrected chi connectivity index (χ1v) is 8.01. The summed E-state index contributed by atoms with van der Waals surface area (Å²) in [5.74, 6) is 1.12. The second kappa shape index (κ2) is 7.79. The highest BCUT2D eigenvalue weighted by molar-refractivity contribution is 7.99. The van der Waals surface area contributed by atoms with Gasteiger partial charge in [-0.25, -0.2) is 0 Å². The van der Waals surface area contributed by atoms with Crippen molar-refractivity contribution in [1.29, 1.82) is 0 Å². The van der Waals surface area contributed by atoms with E-state index in [0.29, 0.717) is 24.0 Å². The SMILES string of the molecule is CCN(CC)C(=O)CSc1nnnn1-c1cccc(OC)c1. The molecule has 0 saturated carbocycles. The van der Waals surface area contributed by atoms with Gasteiger partial charge in [0, 0.05) is 19.2 Å². The van der Waals surface area contributed by atoms with Crippen LogP contribution in [0.15, 0.2) is 29.4 Å². The largest absolute Gasteiger partial charge is 0.497 e. The van der Waals surface area contributed by atoms with Crippen molar-refractivity contribution in [3.8, 4) is 11.4 Å². The van der Waals surface area contributed by atoms with Gasteiger partial charge in [0.25, 0.3) is 0 Å². The first-order chi connectivity index (χ1) is 10.7. The third kappa shape index (κ3) is 3.76. The number of benzene rings is 1. The molecule has 1 aromatic heterocycles. The van der Waals surface area contributed by atoms with Crippen molar-refractivity contribution in [1.82, 2.24) is 25.1 Å². The van der Waals surface area contributed by atoms with Crippen molar-refractivity contribution >= 4 is 17.7 Å². The van der Waals surface area contributed by atoms with Gasteiger partial charge in [0.1, 0.15) is 5.75 Å². The maximum absolute atomic E-state index is 12.1. The predicted octanol–water partition coefficient (Wildman–Crippen LogP) is 1.63. The Morgan fingerprint density at radius 1 is 1.36 bits per heavy atom. The standard InChI is InChI=1S/C14H19N5O2S/c1-4-18(5-2)13(20)10-22-14-15-16-17-19(14)11-7-6-8-12(9-11)21-3/h6-9H,4-5,10H2,1-3H3. The Bertz CT molecular complexity index is 627. The van der Waals surface area contributed by atoms with Crippen LogP contribution in [0.3, 0.4) is 0 Å². The summed E-state index contributed by atoms with van der Waals surface area (Å²) in [6.07, 6.45) is 0. The molecular weight excluding hydrogens is 302 g/mol. The number of methoxy groups -OCH3 is 1. The average Bonchev–Trinajstić information content (AvgIpc) is 3.02. The Balaban J connectivity index is 2.11. The molecule has 0 fully saturated rings. The van der Waals surface area contributed by atoms with Gasteiger partial charge < -0.3 is 9.64 Å². The maximum atomic E-state index is 12.1. The number of carbonyl (C=O) groups is 1. The summed E-state index contributed by atoms with van der Waals surface area (Å²) in [4.78, 5) is 13.8. The number of ether oxygens (including phenoxy) is 1. The number of amides is 1. The lowest BCUT2D eigenvalue weighted by molar-refractivity contribution is -0.127. The van der Waals surface area contributed by atoms with Gasteiger partial charge in [0.2, 0.25) is 11.1 Å². The molecule has 0 aliphatic rings. The third-order valence-corrected chi connectivity index (χ3v) is 4.08. The molecule has 0 saturated heterocycles. The zero-order valence-corrected chi connectivity index (χ0v) is 13.7. The van der Waals surface area contributed by atoms with Crippen LogP contribution in [0.1, 0.15) is 13.8 Å². The third-order valence-electron chi connectivity index (χ3n) is 3.18. The average molecular weight is 321 g/mol. The zero-order valence-electron chi connectivity index (χ0n) is 12.9. The van der Waals surface area contributed by atoms with E-state index in [2.05, 4.69) is 15.5 Å². The van der Waals surface area contributed by atoms with Crippen molar-refractivity contribution in [3.63, 3.8) is 0 Å². The lowest BCUT2D eigenvalue weighted by Crippen LogP contribution is -2.31. The summed E-state index contributed by atoms with van der Waals surface area (Å²) >= 11 is 1.32. The van der Waals surface area contributed by atoms with Crippen molar-refractivity contribution in [2.24, 2.45) is 0 Å². The summed E-state index contributed by atoms with van der Waals surface area (Å²) in [5, 5.41) is 12.2. The second-order valence-corrected chi connectivity index (χ2v) is 5.37. The van der Waals surface area contributed by atoms with E-state index in [9.17, 15) is 4.79 Å². The minimum atomic E-state index is 0.0789. The predicted molar refractivity (Wildman–Crippen MR) is 84.4 cm³/mol. The summed E-state index contributed by atoms with van der Waals surface area (Å²) in [5.41, 5.74) is 0.794. The van der Waals surface area contributed by atoms with Crippen molar-refractivity contribution in [2.45, 2.75) is 19.0 Å². The summed E-state index contributed by atoms with van der Waals surface area (Å²) < 4.78 is 6.80. The minimum absolute atomic E-state index is 0.0789. The monoisotopic (exact) mass is 321 g/mol. The van der Waals surface area contributed by atoms with E-state index in [4.69, 9.17) is 4.74 Å². The van der Waals surface area contributed by atoms with E-state index in [1.807, 2.05) is 38.1 Å². The van der Waals surface area contributed by atoms with Crippen molar-refractivity contribution in [2.75, 3.05) is 26.0 Å². The summed E-state index contributed by atoms with van der Waals surface area (Å²) in [6.45, 7) is 5.34. The fraction of sp³-hybridized carbons (Fsp3) is 0.429. The fourth-order valence-electron chi connectivity index (χ4n) is 1.97. The van der Waals surface area contributed by atoms with Crippen LogP contribution in [0, 0.1) is 0 Å². The number of nitrogens with zero attached hydrogens (tertiary/aromatic N) is 5. The molecule has 0 radical (unpaired) electrons. The number of hydrogen-bond donors (Lipinski definition) is 0.